The van der Waals surface area contributed by atoms with Crippen molar-refractivity contribution in [3.05, 3.63) is 35.5 Å². The fraction of sp³-hybridized carbons (Fsp3) is 0.571. The van der Waals surface area contributed by atoms with Crippen LogP contribution in [0.1, 0.15) is 56.1 Å². The van der Waals surface area contributed by atoms with Crippen molar-refractivity contribution in [1.82, 2.24) is 4.57 Å². The molecule has 0 spiro atoms. The van der Waals surface area contributed by atoms with E-state index in [0.717, 1.165) is 43.4 Å². The van der Waals surface area contributed by atoms with Gasteiger partial charge in [-0.05, 0) is 43.5 Å². The molecule has 136 valence electrons. The van der Waals surface area contributed by atoms with E-state index in [1.807, 2.05) is 6.07 Å². The predicted octanol–water partition coefficient (Wildman–Crippen LogP) is 5.57. The van der Waals surface area contributed by atoms with Crippen LogP contribution in [0.15, 0.2) is 24.3 Å². The molecule has 0 saturated heterocycles. The number of nitrogens with zero attached hydrogens (tertiary/aromatic N) is 1. The number of ketones is 1. The van der Waals surface area contributed by atoms with E-state index in [0.29, 0.717) is 12.2 Å². The second-order valence-electron chi connectivity index (χ2n) is 8.73. The maximum absolute atomic E-state index is 12.7. The maximum Gasteiger partial charge on any atom is 0.192 e. The minimum atomic E-state index is -1.75. The van der Waals surface area contributed by atoms with Gasteiger partial charge in [-0.2, -0.15) is 0 Å². The standard InChI is InChI=1S/C21H31NO2Si/c1-21(2,3)25(4,5)24-15-14-22-17-11-7-6-10-16(17)20-18(22)12-8-9-13-19(20)23/h6-7,10-11H,8-9,12-15H2,1-5H3. The Morgan fingerprint density at radius 3 is 2.52 bits per heavy atom. The molecule has 25 heavy (non-hydrogen) atoms. The van der Waals surface area contributed by atoms with Crippen LogP contribution in [-0.2, 0) is 17.4 Å². The van der Waals surface area contributed by atoms with Gasteiger partial charge in [0, 0.05) is 35.1 Å². The van der Waals surface area contributed by atoms with Gasteiger partial charge in [0.05, 0.1) is 6.61 Å². The first-order valence-electron chi connectivity index (χ1n) is 9.49. The van der Waals surface area contributed by atoms with Crippen molar-refractivity contribution in [2.45, 2.75) is 71.1 Å². The normalized spacial score (nSPS) is 16.1. The summed E-state index contributed by atoms with van der Waals surface area (Å²) in [5.41, 5.74) is 3.38. The highest BCUT2D eigenvalue weighted by atomic mass is 28.4. The van der Waals surface area contributed by atoms with E-state index in [1.54, 1.807) is 0 Å². The molecule has 4 heteroatoms. The van der Waals surface area contributed by atoms with Crippen LogP contribution in [0.3, 0.4) is 0 Å². The zero-order chi connectivity index (χ0) is 18.2. The molecule has 3 nitrogen and oxygen atoms in total. The van der Waals surface area contributed by atoms with Crippen molar-refractivity contribution in [2.75, 3.05) is 6.61 Å². The molecule has 0 fully saturated rings. The topological polar surface area (TPSA) is 31.2 Å². The molecule has 1 aromatic heterocycles. The first-order chi connectivity index (χ1) is 11.7. The second-order valence-corrected chi connectivity index (χ2v) is 13.5. The fourth-order valence-electron chi connectivity index (χ4n) is 3.49. The number of benzene rings is 1. The third-order valence-corrected chi connectivity index (χ3v) is 10.5. The highest BCUT2D eigenvalue weighted by Crippen LogP contribution is 2.37. The average Bonchev–Trinajstić information content (AvgIpc) is 2.71. The molecule has 2 aromatic rings. The van der Waals surface area contributed by atoms with E-state index in [-0.39, 0.29) is 5.04 Å². The molecule has 0 amide bonds. The van der Waals surface area contributed by atoms with Gasteiger partial charge in [0.25, 0.3) is 0 Å². The van der Waals surface area contributed by atoms with Crippen LogP contribution in [0.25, 0.3) is 10.9 Å². The second kappa shape index (κ2) is 6.73. The molecule has 0 saturated carbocycles. The van der Waals surface area contributed by atoms with E-state index in [2.05, 4.69) is 56.6 Å². The zero-order valence-electron chi connectivity index (χ0n) is 16.3. The first-order valence-corrected chi connectivity index (χ1v) is 12.4. The van der Waals surface area contributed by atoms with Crippen LogP contribution in [-0.4, -0.2) is 25.3 Å². The number of carbonyl (C=O) groups excluding carboxylic acids is 1. The van der Waals surface area contributed by atoms with Gasteiger partial charge in [-0.25, -0.2) is 0 Å². The number of rotatable bonds is 4. The summed E-state index contributed by atoms with van der Waals surface area (Å²) in [6.45, 7) is 13.0. The molecule has 0 bridgehead atoms. The minimum Gasteiger partial charge on any atom is -0.415 e. The van der Waals surface area contributed by atoms with E-state index < -0.39 is 8.32 Å². The van der Waals surface area contributed by atoms with Gasteiger partial charge in [-0.15, -0.1) is 0 Å². The molecule has 0 atom stereocenters. The summed E-state index contributed by atoms with van der Waals surface area (Å²) in [5, 5.41) is 1.34. The van der Waals surface area contributed by atoms with E-state index >= 15 is 0 Å². The Balaban J connectivity index is 1.92. The SMILES string of the molecule is CC(C)(C)[Si](C)(C)OCCn1c2c(c3ccccc31)C(=O)CCCC2. The predicted molar refractivity (Wildman–Crippen MR) is 107 cm³/mol. The Morgan fingerprint density at radius 1 is 1.12 bits per heavy atom. The summed E-state index contributed by atoms with van der Waals surface area (Å²) in [5.74, 6) is 0.313. The fourth-order valence-corrected chi connectivity index (χ4v) is 4.53. The van der Waals surface area contributed by atoms with Gasteiger partial charge in [0.1, 0.15) is 0 Å². The number of para-hydroxylation sites is 1. The summed E-state index contributed by atoms with van der Waals surface area (Å²) in [6.07, 6.45) is 3.78. The molecule has 1 aromatic carbocycles. The van der Waals surface area contributed by atoms with Crippen LogP contribution < -0.4 is 0 Å². The van der Waals surface area contributed by atoms with E-state index in [4.69, 9.17) is 4.43 Å². The Bertz CT molecular complexity index is 783. The third kappa shape index (κ3) is 3.47. The number of Topliss-reactive ketones (excluding diaryl/α,β-unsaturated/α-hetero) is 1. The molecule has 3 rings (SSSR count). The molecule has 0 unspecified atom stereocenters. The van der Waals surface area contributed by atoms with Crippen molar-refractivity contribution >= 4 is 25.0 Å². The van der Waals surface area contributed by atoms with Gasteiger partial charge in [0.15, 0.2) is 14.1 Å². The first kappa shape index (κ1) is 18.4. The Labute approximate surface area is 152 Å². The lowest BCUT2D eigenvalue weighted by Gasteiger charge is -2.36. The van der Waals surface area contributed by atoms with Crippen molar-refractivity contribution in [3.63, 3.8) is 0 Å². The average molecular weight is 358 g/mol. The molecule has 0 N–H and O–H groups in total. The zero-order valence-corrected chi connectivity index (χ0v) is 17.3. The molecule has 0 aliphatic heterocycles. The van der Waals surface area contributed by atoms with Gasteiger partial charge >= 0.3 is 0 Å². The van der Waals surface area contributed by atoms with Crippen LogP contribution in [0.5, 0.6) is 0 Å². The van der Waals surface area contributed by atoms with E-state index in [9.17, 15) is 4.79 Å². The van der Waals surface area contributed by atoms with Crippen LogP contribution >= 0.6 is 0 Å². The molecule has 1 aliphatic carbocycles. The van der Waals surface area contributed by atoms with E-state index in [1.165, 1.54) is 11.2 Å². The van der Waals surface area contributed by atoms with Gasteiger partial charge in [0.2, 0.25) is 0 Å². The summed E-state index contributed by atoms with van der Waals surface area (Å²) in [6, 6.07) is 8.35. The lowest BCUT2D eigenvalue weighted by atomic mass is 10.1. The van der Waals surface area contributed by atoms with Crippen molar-refractivity contribution in [3.8, 4) is 0 Å². The summed E-state index contributed by atoms with van der Waals surface area (Å²) < 4.78 is 8.75. The summed E-state index contributed by atoms with van der Waals surface area (Å²) >= 11 is 0. The molecule has 0 radical (unpaired) electrons. The number of carbonyl (C=O) groups is 1. The number of aromatic nitrogens is 1. The summed E-state index contributed by atoms with van der Waals surface area (Å²) in [4.78, 5) is 12.7. The molecular weight excluding hydrogens is 326 g/mol. The number of fused-ring (bicyclic) bond motifs is 3. The summed E-state index contributed by atoms with van der Waals surface area (Å²) in [7, 11) is -1.75. The van der Waals surface area contributed by atoms with Crippen LogP contribution in [0.4, 0.5) is 0 Å². The highest BCUT2D eigenvalue weighted by molar-refractivity contribution is 6.74. The third-order valence-electron chi connectivity index (χ3n) is 6.01. The largest absolute Gasteiger partial charge is 0.415 e. The smallest absolute Gasteiger partial charge is 0.192 e. The van der Waals surface area contributed by atoms with Crippen LogP contribution in [0, 0.1) is 0 Å². The van der Waals surface area contributed by atoms with Crippen LogP contribution in [0.2, 0.25) is 18.1 Å². The van der Waals surface area contributed by atoms with Gasteiger partial charge in [-0.3, -0.25) is 4.79 Å². The quantitative estimate of drug-likeness (QED) is 0.529. The lowest BCUT2D eigenvalue weighted by molar-refractivity contribution is 0.0983. The van der Waals surface area contributed by atoms with Gasteiger partial charge in [-0.1, -0.05) is 39.0 Å². The van der Waals surface area contributed by atoms with Crippen molar-refractivity contribution in [2.24, 2.45) is 0 Å². The molecule has 1 heterocycles. The maximum atomic E-state index is 12.7. The number of hydrogen-bond acceptors (Lipinski definition) is 2. The Kier molecular flexibility index (Phi) is 4.95. The van der Waals surface area contributed by atoms with Crippen molar-refractivity contribution < 1.29 is 9.22 Å². The Morgan fingerprint density at radius 2 is 1.80 bits per heavy atom. The lowest BCUT2D eigenvalue weighted by Crippen LogP contribution is -2.41. The molecular formula is C21H31NO2Si. The minimum absolute atomic E-state index is 0.221. The van der Waals surface area contributed by atoms with Gasteiger partial charge < -0.3 is 8.99 Å². The monoisotopic (exact) mass is 357 g/mol. The van der Waals surface area contributed by atoms with Crippen molar-refractivity contribution in [1.29, 1.82) is 0 Å². The number of hydrogen-bond donors (Lipinski definition) is 0. The molecule has 1 aliphatic rings. The Hall–Kier alpha value is -1.39. The highest BCUT2D eigenvalue weighted by Gasteiger charge is 2.37.